The number of aryl methyl sites for hydroxylation is 3. The van der Waals surface area contributed by atoms with Crippen LogP contribution >= 0.6 is 31.9 Å². The Balaban J connectivity index is 0.000000446. The summed E-state index contributed by atoms with van der Waals surface area (Å²) >= 11 is 6.89. The van der Waals surface area contributed by atoms with Crippen molar-refractivity contribution in [2.75, 3.05) is 0 Å². The van der Waals surface area contributed by atoms with Crippen LogP contribution in [-0.4, -0.2) is 11.3 Å². The minimum atomic E-state index is -0.661. The van der Waals surface area contributed by atoms with Gasteiger partial charge in [0, 0.05) is 8.95 Å². The zero-order chi connectivity index (χ0) is 20.3. The van der Waals surface area contributed by atoms with E-state index in [2.05, 4.69) is 70.0 Å². The predicted molar refractivity (Wildman–Crippen MR) is 112 cm³/mol. The van der Waals surface area contributed by atoms with E-state index in [1.165, 1.54) is 21.2 Å². The molecule has 0 aliphatic carbocycles. The van der Waals surface area contributed by atoms with Crippen LogP contribution < -0.4 is 0 Å². The molecule has 0 atom stereocenters. The minimum Gasteiger partial charge on any atom is -0.385 e. The third-order valence-corrected chi connectivity index (χ3v) is 5.96. The molecule has 0 radical (unpaired) electrons. The van der Waals surface area contributed by atoms with Crippen LogP contribution in [0.15, 0.2) is 45.3 Å². The smallest absolute Gasteiger partial charge is 0.373 e. The fourth-order valence-corrected chi connectivity index (χ4v) is 2.88. The van der Waals surface area contributed by atoms with Crippen molar-refractivity contribution in [3.8, 4) is 0 Å². The second-order valence-corrected chi connectivity index (χ2v) is 7.75. The monoisotopic (exact) mass is 484 g/mol. The average Bonchev–Trinajstić information content (AvgIpc) is 2.61. The highest BCUT2D eigenvalue weighted by molar-refractivity contribution is 9.10. The zero-order valence-electron chi connectivity index (χ0n) is 15.9. The van der Waals surface area contributed by atoms with Crippen molar-refractivity contribution >= 4 is 38.0 Å². The van der Waals surface area contributed by atoms with Crippen molar-refractivity contribution in [2.24, 2.45) is 0 Å². The topological polar surface area (TPSA) is 54.4 Å². The van der Waals surface area contributed by atoms with Crippen molar-refractivity contribution in [2.45, 2.75) is 53.1 Å². The molecular weight excluding hydrogens is 460 g/mol. The highest BCUT2D eigenvalue weighted by Gasteiger charge is 2.24. The van der Waals surface area contributed by atoms with E-state index in [1.807, 2.05) is 32.9 Å². The van der Waals surface area contributed by atoms with Gasteiger partial charge < -0.3 is 5.11 Å². The number of benzene rings is 2. The van der Waals surface area contributed by atoms with Gasteiger partial charge >= 0.3 is 6.15 Å². The molecular formula is C21H26Br2O3. The van der Waals surface area contributed by atoms with Crippen LogP contribution in [0.3, 0.4) is 0 Å². The first-order valence-corrected chi connectivity index (χ1v) is 9.94. The summed E-state index contributed by atoms with van der Waals surface area (Å²) in [4.78, 5) is 16.2. The number of carbonyl (C=O) groups excluding carboxylic acids is 2. The third kappa shape index (κ3) is 7.96. The van der Waals surface area contributed by atoms with Gasteiger partial charge in [-0.25, -0.2) is 0 Å². The number of halogens is 2. The van der Waals surface area contributed by atoms with Crippen LogP contribution in [0.25, 0.3) is 0 Å². The number of hydrogen-bond acceptors (Lipinski definition) is 3. The maximum absolute atomic E-state index is 10.3. The van der Waals surface area contributed by atoms with Crippen molar-refractivity contribution in [1.29, 1.82) is 0 Å². The van der Waals surface area contributed by atoms with Crippen molar-refractivity contribution in [3.05, 3.63) is 67.6 Å². The van der Waals surface area contributed by atoms with Gasteiger partial charge in [-0.2, -0.15) is 9.59 Å². The Morgan fingerprint density at radius 3 is 1.65 bits per heavy atom. The van der Waals surface area contributed by atoms with E-state index < -0.39 is 5.60 Å². The van der Waals surface area contributed by atoms with Gasteiger partial charge in [0.25, 0.3) is 0 Å². The Morgan fingerprint density at radius 2 is 1.31 bits per heavy atom. The molecule has 2 rings (SSSR count). The zero-order valence-corrected chi connectivity index (χ0v) is 19.1. The van der Waals surface area contributed by atoms with E-state index in [9.17, 15) is 5.11 Å². The lowest BCUT2D eigenvalue weighted by molar-refractivity contribution is -0.191. The largest absolute Gasteiger partial charge is 0.385 e. The number of rotatable bonds is 3. The molecule has 26 heavy (non-hydrogen) atoms. The van der Waals surface area contributed by atoms with Gasteiger partial charge in [-0.1, -0.05) is 75.5 Å². The Hall–Kier alpha value is -1.26. The molecule has 0 aliphatic rings. The second kappa shape index (κ2) is 12.2. The number of aliphatic hydroxyl groups is 1. The summed E-state index contributed by atoms with van der Waals surface area (Å²) in [5.41, 5.74) is 4.14. The molecule has 0 unspecified atom stereocenters. The van der Waals surface area contributed by atoms with Gasteiger partial charge in [-0.15, -0.1) is 0 Å². The highest BCUT2D eigenvalue weighted by atomic mass is 79.9. The van der Waals surface area contributed by atoms with Gasteiger partial charge in [0.05, 0.1) is 5.60 Å². The fourth-order valence-electron chi connectivity index (χ4n) is 2.39. The van der Waals surface area contributed by atoms with Crippen LogP contribution in [0.5, 0.6) is 0 Å². The van der Waals surface area contributed by atoms with Crippen molar-refractivity contribution in [1.82, 2.24) is 0 Å². The highest BCUT2D eigenvalue weighted by Crippen LogP contribution is 2.30. The molecule has 0 bridgehead atoms. The van der Waals surface area contributed by atoms with Gasteiger partial charge in [-0.3, -0.25) is 0 Å². The average molecular weight is 486 g/mol. The molecule has 0 heterocycles. The fraction of sp³-hybridized carbons (Fsp3) is 0.381. The molecule has 0 aromatic heterocycles. The van der Waals surface area contributed by atoms with Crippen molar-refractivity contribution < 1.29 is 14.7 Å². The summed E-state index contributed by atoms with van der Waals surface area (Å²) < 4.78 is 2.28. The van der Waals surface area contributed by atoms with Crippen molar-refractivity contribution in [3.63, 3.8) is 0 Å². The standard InChI is InChI=1S/C12H17BrO.C8H9Br.CO2/c1-4-12(14,5-2)10-6-7-11(13)9(3)8-10;1-6-3-4-8(9)7(2)5-6;2-1-3/h6-8,14H,4-5H2,1-3H3;3-5H,1-2H3;. The van der Waals surface area contributed by atoms with E-state index in [1.54, 1.807) is 0 Å². The summed E-state index contributed by atoms with van der Waals surface area (Å²) in [7, 11) is 0. The van der Waals surface area contributed by atoms with Gasteiger partial charge in [-0.05, 0) is 62.4 Å². The number of hydrogen-bond donors (Lipinski definition) is 1. The van der Waals surface area contributed by atoms with Crippen LogP contribution in [0.1, 0.15) is 48.9 Å². The van der Waals surface area contributed by atoms with Crippen LogP contribution in [0.4, 0.5) is 0 Å². The second-order valence-electron chi connectivity index (χ2n) is 6.04. The van der Waals surface area contributed by atoms with Gasteiger partial charge in [0.15, 0.2) is 0 Å². The minimum absolute atomic E-state index is 0.250. The summed E-state index contributed by atoms with van der Waals surface area (Å²) in [5, 5.41) is 10.3. The lowest BCUT2D eigenvalue weighted by Gasteiger charge is -2.26. The summed E-state index contributed by atoms with van der Waals surface area (Å²) in [6.45, 7) is 10.3. The third-order valence-electron chi connectivity index (χ3n) is 4.18. The maximum Gasteiger partial charge on any atom is 0.373 e. The first-order valence-electron chi connectivity index (χ1n) is 8.36. The SMILES string of the molecule is CCC(O)(CC)c1ccc(Br)c(C)c1.Cc1ccc(Br)c(C)c1.O=C=O. The van der Waals surface area contributed by atoms with E-state index in [0.29, 0.717) is 0 Å². The Labute approximate surface area is 173 Å². The van der Waals surface area contributed by atoms with Crippen LogP contribution in [0.2, 0.25) is 0 Å². The molecule has 0 aliphatic heterocycles. The summed E-state index contributed by atoms with van der Waals surface area (Å²) in [6, 6.07) is 12.4. The first-order chi connectivity index (χ1) is 12.1. The molecule has 5 heteroatoms. The summed E-state index contributed by atoms with van der Waals surface area (Å²) in [6.07, 6.45) is 1.76. The molecule has 1 N–H and O–H groups in total. The molecule has 0 amide bonds. The lowest BCUT2D eigenvalue weighted by atomic mass is 9.88. The van der Waals surface area contributed by atoms with Crippen LogP contribution in [-0.2, 0) is 15.2 Å². The lowest BCUT2D eigenvalue weighted by Crippen LogP contribution is -2.23. The molecule has 3 nitrogen and oxygen atoms in total. The normalized spacial score (nSPS) is 10.0. The van der Waals surface area contributed by atoms with Gasteiger partial charge in [0.2, 0.25) is 0 Å². The maximum atomic E-state index is 10.3. The molecule has 142 valence electrons. The van der Waals surface area contributed by atoms with E-state index in [0.717, 1.165) is 22.9 Å². The van der Waals surface area contributed by atoms with E-state index in [-0.39, 0.29) is 6.15 Å². The van der Waals surface area contributed by atoms with Crippen LogP contribution in [0, 0.1) is 20.8 Å². The van der Waals surface area contributed by atoms with Gasteiger partial charge in [0.1, 0.15) is 0 Å². The molecule has 0 saturated carbocycles. The Kier molecular flexibility index (Phi) is 11.6. The van der Waals surface area contributed by atoms with E-state index >= 15 is 0 Å². The quantitative estimate of drug-likeness (QED) is 0.559. The van der Waals surface area contributed by atoms with E-state index in [4.69, 9.17) is 9.59 Å². The predicted octanol–water partition coefficient (Wildman–Crippen LogP) is 6.25. The Bertz CT molecular complexity index is 732. The first kappa shape index (κ1) is 24.7. The molecule has 0 saturated heterocycles. The Morgan fingerprint density at radius 1 is 0.885 bits per heavy atom. The molecule has 0 spiro atoms. The molecule has 0 fully saturated rings. The molecule has 2 aromatic rings. The molecule has 2 aromatic carbocycles. The summed E-state index contributed by atoms with van der Waals surface area (Å²) in [5.74, 6) is 0.